The molecule has 0 atom stereocenters. The van der Waals surface area contributed by atoms with Gasteiger partial charge in [0.25, 0.3) is 0 Å². The molecule has 0 aliphatic rings. The molecule has 0 aliphatic heterocycles. The fourth-order valence-electron chi connectivity index (χ4n) is 1.42. The zero-order valence-corrected chi connectivity index (χ0v) is 8.94. The van der Waals surface area contributed by atoms with E-state index in [1.807, 2.05) is 66.0 Å². The highest BCUT2D eigenvalue weighted by Gasteiger charge is 2.06. The van der Waals surface area contributed by atoms with Crippen molar-refractivity contribution < 1.29 is 4.57 Å². The molecule has 2 rings (SSSR count). The molecule has 1 aromatic heterocycles. The van der Waals surface area contributed by atoms with Gasteiger partial charge in [-0.25, -0.2) is 9.13 Å². The van der Waals surface area contributed by atoms with Crippen LogP contribution in [0.5, 0.6) is 0 Å². The van der Waals surface area contributed by atoms with E-state index in [1.54, 1.807) is 0 Å². The van der Waals surface area contributed by atoms with E-state index in [0.29, 0.717) is 0 Å². The van der Waals surface area contributed by atoms with Crippen LogP contribution in [0.3, 0.4) is 0 Å². The van der Waals surface area contributed by atoms with Crippen molar-refractivity contribution in [3.63, 3.8) is 0 Å². The molecule has 15 heavy (non-hydrogen) atoms. The molecular weight excluding hydrogens is 184 g/mol. The molecule has 2 heteroatoms. The third-order valence-corrected chi connectivity index (χ3v) is 2.27. The lowest BCUT2D eigenvalue weighted by molar-refractivity contribution is -0.673. The first-order chi connectivity index (χ1) is 7.27. The maximum absolute atomic E-state index is 3.15. The largest absolute Gasteiger partial charge is 0.335 e. The normalized spacial score (nSPS) is 9.47. The van der Waals surface area contributed by atoms with Gasteiger partial charge in [-0.05, 0) is 12.1 Å². The number of hydrogen-bond donors (Lipinski definition) is 0. The van der Waals surface area contributed by atoms with E-state index in [9.17, 15) is 0 Å². The lowest BCUT2D eigenvalue weighted by Crippen LogP contribution is -2.30. The lowest BCUT2D eigenvalue weighted by Gasteiger charge is -1.88. The van der Waals surface area contributed by atoms with Gasteiger partial charge in [0.2, 0.25) is 0 Å². The summed E-state index contributed by atoms with van der Waals surface area (Å²) in [5.74, 6) is 7.29. The van der Waals surface area contributed by atoms with Gasteiger partial charge in [-0.2, -0.15) is 0 Å². The van der Waals surface area contributed by atoms with Gasteiger partial charge in [-0.3, -0.25) is 0 Å². The zero-order valence-electron chi connectivity index (χ0n) is 8.94. The molecule has 0 spiro atoms. The number of nitrogens with zero attached hydrogens (tertiary/aromatic N) is 2. The van der Waals surface area contributed by atoms with Crippen molar-refractivity contribution in [2.45, 2.75) is 0 Å². The van der Waals surface area contributed by atoms with Gasteiger partial charge in [0.1, 0.15) is 12.4 Å². The fourth-order valence-corrected chi connectivity index (χ4v) is 1.42. The van der Waals surface area contributed by atoms with Crippen molar-refractivity contribution in [3.8, 4) is 11.8 Å². The van der Waals surface area contributed by atoms with Crippen LogP contribution in [0.25, 0.3) is 0 Å². The Bertz CT molecular complexity index is 493. The van der Waals surface area contributed by atoms with Gasteiger partial charge < -0.3 is 0 Å². The Balaban J connectivity index is 2.34. The van der Waals surface area contributed by atoms with Gasteiger partial charge in [0.05, 0.1) is 14.1 Å². The molecule has 0 fully saturated rings. The minimum Gasteiger partial charge on any atom is -0.226 e. The molecule has 74 valence electrons. The Morgan fingerprint density at radius 3 is 2.47 bits per heavy atom. The van der Waals surface area contributed by atoms with Crippen molar-refractivity contribution in [1.82, 2.24) is 4.57 Å². The molecule has 0 saturated carbocycles. The molecule has 0 amide bonds. The Hall–Kier alpha value is -2.01. The van der Waals surface area contributed by atoms with E-state index < -0.39 is 0 Å². The molecule has 1 aromatic carbocycles. The maximum Gasteiger partial charge on any atom is 0.335 e. The van der Waals surface area contributed by atoms with Crippen LogP contribution >= 0.6 is 0 Å². The molecular formula is C13H13N2+. The molecule has 0 saturated heterocycles. The molecule has 0 unspecified atom stereocenters. The van der Waals surface area contributed by atoms with Gasteiger partial charge in [0, 0.05) is 11.5 Å². The SMILES string of the molecule is Cn1cc[n+](C)c1C#Cc1ccccc1. The molecule has 2 aromatic rings. The first kappa shape index (κ1) is 9.54. The highest BCUT2D eigenvalue weighted by molar-refractivity contribution is 5.36. The summed E-state index contributed by atoms with van der Waals surface area (Å²) in [4.78, 5) is 0. The van der Waals surface area contributed by atoms with Gasteiger partial charge in [0.15, 0.2) is 0 Å². The predicted molar refractivity (Wildman–Crippen MR) is 59.0 cm³/mol. The van der Waals surface area contributed by atoms with Gasteiger partial charge >= 0.3 is 5.82 Å². The summed E-state index contributed by atoms with van der Waals surface area (Å²) in [5.41, 5.74) is 1.04. The summed E-state index contributed by atoms with van der Waals surface area (Å²) in [7, 11) is 3.99. The zero-order chi connectivity index (χ0) is 10.7. The third kappa shape index (κ3) is 2.08. The van der Waals surface area contributed by atoms with Crippen LogP contribution in [0.2, 0.25) is 0 Å². The number of aromatic nitrogens is 2. The van der Waals surface area contributed by atoms with E-state index in [1.165, 1.54) is 0 Å². The van der Waals surface area contributed by atoms with Crippen molar-refractivity contribution in [2.24, 2.45) is 14.1 Å². The summed E-state index contributed by atoms with van der Waals surface area (Å²) < 4.78 is 4.02. The van der Waals surface area contributed by atoms with E-state index in [-0.39, 0.29) is 0 Å². The minimum atomic E-state index is 0.999. The van der Waals surface area contributed by atoms with E-state index >= 15 is 0 Å². The molecule has 2 nitrogen and oxygen atoms in total. The standard InChI is InChI=1S/C13H13N2/c1-14-10-11-15(2)13(14)9-8-12-6-4-3-5-7-12/h3-7,10-11H,1-2H3/q+1. The van der Waals surface area contributed by atoms with Crippen LogP contribution in [0.1, 0.15) is 11.4 Å². The number of hydrogen-bond acceptors (Lipinski definition) is 0. The minimum absolute atomic E-state index is 0.999. The highest BCUT2D eigenvalue weighted by Crippen LogP contribution is 1.96. The van der Waals surface area contributed by atoms with Crippen molar-refractivity contribution >= 4 is 0 Å². The number of benzene rings is 1. The second-order valence-electron chi connectivity index (χ2n) is 3.46. The summed E-state index contributed by atoms with van der Waals surface area (Å²) in [5, 5.41) is 0. The Kier molecular flexibility index (Phi) is 2.55. The lowest BCUT2D eigenvalue weighted by atomic mass is 10.2. The average molecular weight is 197 g/mol. The molecule has 0 aliphatic carbocycles. The second-order valence-corrected chi connectivity index (χ2v) is 3.46. The van der Waals surface area contributed by atoms with Crippen LogP contribution in [0.4, 0.5) is 0 Å². The Morgan fingerprint density at radius 1 is 1.13 bits per heavy atom. The summed E-state index contributed by atoms with van der Waals surface area (Å²) >= 11 is 0. The number of rotatable bonds is 0. The quantitative estimate of drug-likeness (QED) is 0.444. The van der Waals surface area contributed by atoms with Gasteiger partial charge in [-0.15, -0.1) is 0 Å². The Morgan fingerprint density at radius 2 is 1.87 bits per heavy atom. The monoisotopic (exact) mass is 197 g/mol. The van der Waals surface area contributed by atoms with Crippen molar-refractivity contribution in [2.75, 3.05) is 0 Å². The van der Waals surface area contributed by atoms with Gasteiger partial charge in [-0.1, -0.05) is 24.1 Å². The van der Waals surface area contributed by atoms with Crippen LogP contribution in [0.15, 0.2) is 42.7 Å². The number of aryl methyl sites for hydroxylation is 2. The smallest absolute Gasteiger partial charge is 0.226 e. The fraction of sp³-hybridized carbons (Fsp3) is 0.154. The molecule has 0 N–H and O–H groups in total. The van der Waals surface area contributed by atoms with Crippen LogP contribution < -0.4 is 4.57 Å². The van der Waals surface area contributed by atoms with Crippen LogP contribution in [-0.2, 0) is 14.1 Å². The first-order valence-corrected chi connectivity index (χ1v) is 4.85. The van der Waals surface area contributed by atoms with E-state index in [4.69, 9.17) is 0 Å². The summed E-state index contributed by atoms with van der Waals surface area (Å²) in [6, 6.07) is 10.0. The van der Waals surface area contributed by atoms with E-state index in [2.05, 4.69) is 11.8 Å². The molecule has 0 bridgehead atoms. The predicted octanol–water partition coefficient (Wildman–Crippen LogP) is 1.25. The van der Waals surface area contributed by atoms with Crippen molar-refractivity contribution in [1.29, 1.82) is 0 Å². The molecule has 0 radical (unpaired) electrons. The summed E-state index contributed by atoms with van der Waals surface area (Å²) in [6.45, 7) is 0. The first-order valence-electron chi connectivity index (χ1n) is 4.85. The third-order valence-electron chi connectivity index (χ3n) is 2.27. The number of imidazole rings is 1. The summed E-state index contributed by atoms with van der Waals surface area (Å²) in [6.07, 6.45) is 3.99. The van der Waals surface area contributed by atoms with Crippen LogP contribution in [0, 0.1) is 11.8 Å². The topological polar surface area (TPSA) is 8.81 Å². The van der Waals surface area contributed by atoms with E-state index in [0.717, 1.165) is 11.4 Å². The van der Waals surface area contributed by atoms with Crippen molar-refractivity contribution in [3.05, 3.63) is 54.1 Å². The maximum atomic E-state index is 3.15. The highest BCUT2D eigenvalue weighted by atomic mass is 15.1. The van der Waals surface area contributed by atoms with Crippen LogP contribution in [-0.4, -0.2) is 4.57 Å². The second kappa shape index (κ2) is 4.02. The molecule has 1 heterocycles. The Labute approximate surface area is 89.8 Å². The average Bonchev–Trinajstić information content (AvgIpc) is 2.58.